The van der Waals surface area contributed by atoms with E-state index in [9.17, 15) is 12.8 Å². The first-order chi connectivity index (χ1) is 8.90. The molecule has 0 aliphatic carbocycles. The van der Waals surface area contributed by atoms with Crippen molar-refractivity contribution in [3.8, 4) is 0 Å². The van der Waals surface area contributed by atoms with Gasteiger partial charge in [-0.15, -0.1) is 0 Å². The Balaban J connectivity index is 2.60. The molecule has 1 atom stereocenters. The maximum Gasteiger partial charge on any atom is 0.147 e. The summed E-state index contributed by atoms with van der Waals surface area (Å²) in [6.45, 7) is 3.66. The normalized spacial score (nSPS) is 13.4. The summed E-state index contributed by atoms with van der Waals surface area (Å²) in [5.74, 6) is 0.202. The summed E-state index contributed by atoms with van der Waals surface area (Å²) in [6, 6.07) is 6.40. The van der Waals surface area contributed by atoms with Crippen LogP contribution in [-0.4, -0.2) is 33.5 Å². The van der Waals surface area contributed by atoms with Crippen molar-refractivity contribution in [2.24, 2.45) is 5.92 Å². The molecule has 1 rings (SSSR count). The van der Waals surface area contributed by atoms with E-state index in [1.807, 2.05) is 6.92 Å². The molecule has 19 heavy (non-hydrogen) atoms. The van der Waals surface area contributed by atoms with E-state index in [1.165, 1.54) is 18.4 Å². The Labute approximate surface area is 115 Å². The van der Waals surface area contributed by atoms with Gasteiger partial charge in [0.1, 0.15) is 15.7 Å². The van der Waals surface area contributed by atoms with Crippen molar-refractivity contribution >= 4 is 9.84 Å². The molecule has 0 radical (unpaired) electrons. The fourth-order valence-corrected chi connectivity index (χ4v) is 2.72. The van der Waals surface area contributed by atoms with Crippen LogP contribution in [0.3, 0.4) is 0 Å². The Bertz CT molecular complexity index is 471. The van der Waals surface area contributed by atoms with E-state index in [2.05, 4.69) is 5.32 Å². The molecule has 1 N–H and O–H groups in total. The van der Waals surface area contributed by atoms with Crippen LogP contribution in [0.1, 0.15) is 18.9 Å². The molecule has 3 nitrogen and oxygen atoms in total. The lowest BCUT2D eigenvalue weighted by molar-refractivity contribution is 0.465. The molecule has 0 bridgehead atoms. The summed E-state index contributed by atoms with van der Waals surface area (Å²) in [5.41, 5.74) is 1.04. The number of sulfone groups is 1. The summed E-state index contributed by atoms with van der Waals surface area (Å²) >= 11 is 0. The Hall–Kier alpha value is -0.940. The van der Waals surface area contributed by atoms with Gasteiger partial charge in [-0.3, -0.25) is 0 Å². The van der Waals surface area contributed by atoms with Crippen molar-refractivity contribution in [3.63, 3.8) is 0 Å². The number of hydrogen-bond donors (Lipinski definition) is 1. The highest BCUT2D eigenvalue weighted by molar-refractivity contribution is 7.90. The van der Waals surface area contributed by atoms with Crippen molar-refractivity contribution in [2.45, 2.75) is 19.8 Å². The first-order valence-electron chi connectivity index (χ1n) is 6.53. The molecule has 0 aromatic heterocycles. The Morgan fingerprint density at radius 2 is 1.89 bits per heavy atom. The van der Waals surface area contributed by atoms with Gasteiger partial charge in [-0.1, -0.05) is 19.1 Å². The number of rotatable bonds is 8. The van der Waals surface area contributed by atoms with Gasteiger partial charge in [-0.2, -0.15) is 0 Å². The zero-order valence-electron chi connectivity index (χ0n) is 11.5. The van der Waals surface area contributed by atoms with Crippen LogP contribution >= 0.6 is 0 Å². The summed E-state index contributed by atoms with van der Waals surface area (Å²) in [4.78, 5) is 0. The quantitative estimate of drug-likeness (QED) is 0.796. The van der Waals surface area contributed by atoms with E-state index in [4.69, 9.17) is 0 Å². The second kappa shape index (κ2) is 7.60. The van der Waals surface area contributed by atoms with Crippen molar-refractivity contribution in [1.82, 2.24) is 5.32 Å². The minimum absolute atomic E-state index is 0.199. The summed E-state index contributed by atoms with van der Waals surface area (Å²) in [6.07, 6.45) is 2.65. The largest absolute Gasteiger partial charge is 0.317 e. The Morgan fingerprint density at radius 1 is 1.26 bits per heavy atom. The maximum absolute atomic E-state index is 12.8. The topological polar surface area (TPSA) is 46.2 Å². The minimum atomic E-state index is -2.93. The Morgan fingerprint density at radius 3 is 2.42 bits per heavy atom. The van der Waals surface area contributed by atoms with Gasteiger partial charge in [0, 0.05) is 6.26 Å². The molecule has 0 aliphatic rings. The van der Waals surface area contributed by atoms with Crippen LogP contribution < -0.4 is 5.32 Å². The molecule has 0 saturated carbocycles. The molecule has 1 aromatic rings. The molecule has 108 valence electrons. The summed E-state index contributed by atoms with van der Waals surface area (Å²) < 4.78 is 35.3. The first-order valence-corrected chi connectivity index (χ1v) is 8.59. The van der Waals surface area contributed by atoms with Crippen molar-refractivity contribution < 1.29 is 12.8 Å². The highest BCUT2D eigenvalue weighted by Crippen LogP contribution is 2.13. The molecule has 1 unspecified atom stereocenters. The molecule has 1 aromatic carbocycles. The SMILES string of the molecule is CCNCC(CCS(C)(=O)=O)Cc1ccc(F)cc1. The minimum Gasteiger partial charge on any atom is -0.317 e. The maximum atomic E-state index is 12.8. The smallest absolute Gasteiger partial charge is 0.147 e. The van der Waals surface area contributed by atoms with E-state index in [1.54, 1.807) is 12.1 Å². The second-order valence-corrected chi connectivity index (χ2v) is 7.18. The molecule has 0 spiro atoms. The van der Waals surface area contributed by atoms with Crippen LogP contribution in [0.15, 0.2) is 24.3 Å². The fraction of sp³-hybridized carbons (Fsp3) is 0.571. The van der Waals surface area contributed by atoms with Crippen LogP contribution in [0.25, 0.3) is 0 Å². The van der Waals surface area contributed by atoms with Crippen molar-refractivity contribution in [1.29, 1.82) is 0 Å². The highest BCUT2D eigenvalue weighted by atomic mass is 32.2. The average molecular weight is 287 g/mol. The van der Waals surface area contributed by atoms with Gasteiger partial charge in [0.2, 0.25) is 0 Å². The van der Waals surface area contributed by atoms with Crippen LogP contribution in [0.2, 0.25) is 0 Å². The zero-order chi connectivity index (χ0) is 14.3. The van der Waals surface area contributed by atoms with Gasteiger partial charge in [0.05, 0.1) is 5.75 Å². The van der Waals surface area contributed by atoms with E-state index in [0.29, 0.717) is 6.42 Å². The van der Waals surface area contributed by atoms with E-state index < -0.39 is 9.84 Å². The van der Waals surface area contributed by atoms with E-state index in [0.717, 1.165) is 25.1 Å². The first kappa shape index (κ1) is 16.1. The molecule has 5 heteroatoms. The number of halogens is 1. The number of hydrogen-bond acceptors (Lipinski definition) is 3. The number of nitrogens with one attached hydrogen (secondary N) is 1. The summed E-state index contributed by atoms with van der Waals surface area (Å²) in [7, 11) is -2.93. The average Bonchev–Trinajstić information content (AvgIpc) is 2.34. The van der Waals surface area contributed by atoms with Crippen LogP contribution in [-0.2, 0) is 16.3 Å². The predicted octanol–water partition coefficient (Wildman–Crippen LogP) is 2.03. The van der Waals surface area contributed by atoms with Crippen LogP contribution in [0, 0.1) is 11.7 Å². The summed E-state index contributed by atoms with van der Waals surface area (Å²) in [5, 5.41) is 3.25. The van der Waals surface area contributed by atoms with Crippen LogP contribution in [0.4, 0.5) is 4.39 Å². The molecular weight excluding hydrogens is 265 g/mol. The molecule has 0 saturated heterocycles. The molecule has 0 aliphatic heterocycles. The van der Waals surface area contributed by atoms with E-state index in [-0.39, 0.29) is 17.5 Å². The van der Waals surface area contributed by atoms with Gasteiger partial charge in [-0.05, 0) is 49.5 Å². The lowest BCUT2D eigenvalue weighted by atomic mass is 9.97. The molecule has 0 heterocycles. The van der Waals surface area contributed by atoms with Crippen LogP contribution in [0.5, 0.6) is 0 Å². The fourth-order valence-electron chi connectivity index (χ4n) is 1.96. The van der Waals surface area contributed by atoms with E-state index >= 15 is 0 Å². The third-order valence-corrected chi connectivity index (χ3v) is 3.99. The zero-order valence-corrected chi connectivity index (χ0v) is 12.3. The Kier molecular flexibility index (Phi) is 6.45. The third-order valence-electron chi connectivity index (χ3n) is 3.02. The van der Waals surface area contributed by atoms with Gasteiger partial charge < -0.3 is 5.32 Å². The third kappa shape index (κ3) is 7.28. The second-order valence-electron chi connectivity index (χ2n) is 4.92. The van der Waals surface area contributed by atoms with Gasteiger partial charge >= 0.3 is 0 Å². The monoisotopic (exact) mass is 287 g/mol. The van der Waals surface area contributed by atoms with Crippen molar-refractivity contribution in [3.05, 3.63) is 35.6 Å². The predicted molar refractivity (Wildman–Crippen MR) is 76.5 cm³/mol. The van der Waals surface area contributed by atoms with Crippen molar-refractivity contribution in [2.75, 3.05) is 25.1 Å². The molecule has 0 amide bonds. The number of benzene rings is 1. The standard InChI is InChI=1S/C14H22FNO2S/c1-3-16-11-13(8-9-19(2,17)18)10-12-4-6-14(15)7-5-12/h4-7,13,16H,3,8-11H2,1-2H3. The van der Waals surface area contributed by atoms with Gasteiger partial charge in [-0.25, -0.2) is 12.8 Å². The lowest BCUT2D eigenvalue weighted by Gasteiger charge is -2.17. The highest BCUT2D eigenvalue weighted by Gasteiger charge is 2.13. The van der Waals surface area contributed by atoms with Gasteiger partial charge in [0.25, 0.3) is 0 Å². The molecule has 0 fully saturated rings. The molecular formula is C14H22FNO2S. The van der Waals surface area contributed by atoms with Gasteiger partial charge in [0.15, 0.2) is 0 Å². The lowest BCUT2D eigenvalue weighted by Crippen LogP contribution is -2.26.